The van der Waals surface area contributed by atoms with Crippen molar-refractivity contribution < 1.29 is 4.79 Å². The average molecular weight is 355 g/mol. The zero-order valence-corrected chi connectivity index (χ0v) is 15.5. The molecule has 0 unspecified atom stereocenters. The number of nitrogens with one attached hydrogen (secondary N) is 2. The Morgan fingerprint density at radius 2 is 2.12 bits per heavy atom. The predicted octanol–water partition coefficient (Wildman–Crippen LogP) is 3.65. The van der Waals surface area contributed by atoms with Crippen LogP contribution in [0.15, 0.2) is 42.7 Å². The molecule has 1 aromatic heterocycles. The lowest BCUT2D eigenvalue weighted by Gasteiger charge is -2.33. The summed E-state index contributed by atoms with van der Waals surface area (Å²) in [6, 6.07) is 10.1. The molecule has 0 bridgehead atoms. The summed E-state index contributed by atoms with van der Waals surface area (Å²) in [5.41, 5.74) is 1.60. The molecule has 1 saturated heterocycles. The molecule has 0 aliphatic carbocycles. The van der Waals surface area contributed by atoms with Crippen LogP contribution < -0.4 is 10.6 Å². The third-order valence-electron chi connectivity index (χ3n) is 5.00. The fourth-order valence-electron chi connectivity index (χ4n) is 3.49. The number of aromatic nitrogens is 2. The number of nitrogens with zero attached hydrogens (tertiary/aromatic N) is 3. The minimum atomic E-state index is -0.170. The Balaban J connectivity index is 1.40. The molecule has 3 rings (SSSR count). The second kappa shape index (κ2) is 9.38. The average Bonchev–Trinajstić information content (AvgIpc) is 3.18. The maximum absolute atomic E-state index is 12.2. The summed E-state index contributed by atoms with van der Waals surface area (Å²) in [4.78, 5) is 14.8. The van der Waals surface area contributed by atoms with Gasteiger partial charge in [0.05, 0.1) is 11.4 Å². The van der Waals surface area contributed by atoms with Gasteiger partial charge >= 0.3 is 6.03 Å². The van der Waals surface area contributed by atoms with Crippen molar-refractivity contribution in [2.75, 3.05) is 25.0 Å². The van der Waals surface area contributed by atoms with Gasteiger partial charge in [0.2, 0.25) is 0 Å². The van der Waals surface area contributed by atoms with Crippen LogP contribution in [0.5, 0.6) is 0 Å². The highest BCUT2D eigenvalue weighted by atomic mass is 16.2. The Labute approximate surface area is 155 Å². The summed E-state index contributed by atoms with van der Waals surface area (Å²) in [7, 11) is 0. The molecule has 6 heteroatoms. The summed E-state index contributed by atoms with van der Waals surface area (Å²) >= 11 is 0. The minimum Gasteiger partial charge on any atom is -0.338 e. The van der Waals surface area contributed by atoms with Crippen molar-refractivity contribution in [1.82, 2.24) is 20.0 Å². The third-order valence-corrected chi connectivity index (χ3v) is 5.00. The van der Waals surface area contributed by atoms with Crippen LogP contribution >= 0.6 is 0 Å². The monoisotopic (exact) mass is 355 g/mol. The van der Waals surface area contributed by atoms with Crippen molar-refractivity contribution in [3.63, 3.8) is 0 Å². The molecule has 2 amide bonds. The van der Waals surface area contributed by atoms with Gasteiger partial charge in [-0.1, -0.05) is 18.6 Å². The van der Waals surface area contributed by atoms with Gasteiger partial charge in [-0.25, -0.2) is 9.48 Å². The van der Waals surface area contributed by atoms with E-state index in [9.17, 15) is 4.79 Å². The van der Waals surface area contributed by atoms with Gasteiger partial charge in [-0.15, -0.1) is 0 Å². The van der Waals surface area contributed by atoms with E-state index in [4.69, 9.17) is 0 Å². The number of para-hydroxylation sites is 2. The molecule has 2 aromatic rings. The van der Waals surface area contributed by atoms with Crippen LogP contribution in [0.1, 0.15) is 39.0 Å². The Morgan fingerprint density at radius 3 is 2.92 bits per heavy atom. The van der Waals surface area contributed by atoms with E-state index in [0.29, 0.717) is 12.6 Å². The summed E-state index contributed by atoms with van der Waals surface area (Å²) in [5, 5.41) is 10.1. The van der Waals surface area contributed by atoms with Gasteiger partial charge in [-0.2, -0.15) is 5.10 Å². The molecule has 140 valence electrons. The number of unbranched alkanes of at least 4 members (excludes halogenated alkanes) is 1. The number of likely N-dealkylation sites (tertiary alicyclic amines) is 1. The SMILES string of the molecule is C[C@@H]1CCCCN1CCCCNC(=O)Nc1ccccc1-n1cccn1. The lowest BCUT2D eigenvalue weighted by atomic mass is 10.0. The topological polar surface area (TPSA) is 62.2 Å². The van der Waals surface area contributed by atoms with Gasteiger partial charge in [0.25, 0.3) is 0 Å². The minimum absolute atomic E-state index is 0.170. The lowest BCUT2D eigenvalue weighted by molar-refractivity contribution is 0.158. The second-order valence-corrected chi connectivity index (χ2v) is 6.94. The molecule has 2 heterocycles. The maximum atomic E-state index is 12.2. The zero-order valence-electron chi connectivity index (χ0n) is 15.5. The van der Waals surface area contributed by atoms with Crippen molar-refractivity contribution in [3.05, 3.63) is 42.7 Å². The normalized spacial score (nSPS) is 17.8. The second-order valence-electron chi connectivity index (χ2n) is 6.94. The van der Waals surface area contributed by atoms with Crippen LogP contribution in [0.3, 0.4) is 0 Å². The largest absolute Gasteiger partial charge is 0.338 e. The first-order valence-corrected chi connectivity index (χ1v) is 9.62. The first kappa shape index (κ1) is 18.5. The Bertz CT molecular complexity index is 685. The highest BCUT2D eigenvalue weighted by Gasteiger charge is 2.17. The van der Waals surface area contributed by atoms with Crippen LogP contribution in [0.4, 0.5) is 10.5 Å². The van der Waals surface area contributed by atoms with Gasteiger partial charge in [-0.05, 0) is 63.9 Å². The molecule has 2 N–H and O–H groups in total. The van der Waals surface area contributed by atoms with E-state index in [2.05, 4.69) is 27.6 Å². The van der Waals surface area contributed by atoms with E-state index in [1.165, 1.54) is 25.8 Å². The third kappa shape index (κ3) is 5.08. The number of anilines is 1. The number of rotatable bonds is 7. The molecule has 0 spiro atoms. The fourth-order valence-corrected chi connectivity index (χ4v) is 3.49. The summed E-state index contributed by atoms with van der Waals surface area (Å²) in [6.07, 6.45) is 9.70. The number of carbonyl (C=O) groups excluding carboxylic acids is 1. The van der Waals surface area contributed by atoms with E-state index in [-0.39, 0.29) is 6.03 Å². The molecule has 0 saturated carbocycles. The number of hydrogen-bond donors (Lipinski definition) is 2. The summed E-state index contributed by atoms with van der Waals surface area (Å²) in [6.45, 7) is 5.37. The van der Waals surface area contributed by atoms with Crippen LogP contribution in [-0.4, -0.2) is 46.4 Å². The molecule has 1 aliphatic heterocycles. The van der Waals surface area contributed by atoms with Crippen LogP contribution in [0.2, 0.25) is 0 Å². The molecule has 1 fully saturated rings. The summed E-state index contributed by atoms with van der Waals surface area (Å²) < 4.78 is 1.75. The Morgan fingerprint density at radius 1 is 1.23 bits per heavy atom. The number of urea groups is 1. The van der Waals surface area contributed by atoms with E-state index in [1.807, 2.05) is 36.5 Å². The number of piperidine rings is 1. The lowest BCUT2D eigenvalue weighted by Crippen LogP contribution is -2.38. The molecular weight excluding hydrogens is 326 g/mol. The van der Waals surface area contributed by atoms with E-state index in [1.54, 1.807) is 10.9 Å². The standard InChI is InChI=1S/C20H29N5O/c1-17-9-4-6-14-24(17)15-7-5-12-21-20(26)23-18-10-2-3-11-19(18)25-16-8-13-22-25/h2-3,8,10-11,13,16-17H,4-7,9,12,14-15H2,1H3,(H2,21,23,26)/t17-/m1/s1. The van der Waals surface area contributed by atoms with Crippen molar-refractivity contribution in [3.8, 4) is 5.69 Å². The quantitative estimate of drug-likeness (QED) is 0.745. The van der Waals surface area contributed by atoms with Crippen LogP contribution in [0, 0.1) is 0 Å². The number of carbonyl (C=O) groups is 1. The molecular formula is C20H29N5O. The Kier molecular flexibility index (Phi) is 6.66. The first-order valence-electron chi connectivity index (χ1n) is 9.62. The van der Waals surface area contributed by atoms with Crippen molar-refractivity contribution in [1.29, 1.82) is 0 Å². The highest BCUT2D eigenvalue weighted by molar-refractivity contribution is 5.91. The number of hydrogen-bond acceptors (Lipinski definition) is 3. The molecule has 1 atom stereocenters. The maximum Gasteiger partial charge on any atom is 0.319 e. The van der Waals surface area contributed by atoms with Gasteiger partial charge in [0, 0.05) is 25.0 Å². The fraction of sp³-hybridized carbons (Fsp3) is 0.500. The molecule has 26 heavy (non-hydrogen) atoms. The molecule has 6 nitrogen and oxygen atoms in total. The molecule has 1 aliphatic rings. The molecule has 1 aromatic carbocycles. The Hall–Kier alpha value is -2.34. The van der Waals surface area contributed by atoms with E-state index in [0.717, 1.165) is 30.8 Å². The van der Waals surface area contributed by atoms with Crippen molar-refractivity contribution in [2.24, 2.45) is 0 Å². The van der Waals surface area contributed by atoms with E-state index >= 15 is 0 Å². The highest BCUT2D eigenvalue weighted by Crippen LogP contribution is 2.19. The van der Waals surface area contributed by atoms with Crippen molar-refractivity contribution in [2.45, 2.75) is 45.1 Å². The number of benzene rings is 1. The predicted molar refractivity (Wildman–Crippen MR) is 105 cm³/mol. The van der Waals surface area contributed by atoms with Gasteiger partial charge < -0.3 is 15.5 Å². The van der Waals surface area contributed by atoms with Gasteiger partial charge in [0.15, 0.2) is 0 Å². The number of amides is 2. The van der Waals surface area contributed by atoms with Crippen molar-refractivity contribution >= 4 is 11.7 Å². The van der Waals surface area contributed by atoms with Crippen LogP contribution in [-0.2, 0) is 0 Å². The van der Waals surface area contributed by atoms with Gasteiger partial charge in [-0.3, -0.25) is 0 Å². The summed E-state index contributed by atoms with van der Waals surface area (Å²) in [5.74, 6) is 0. The van der Waals surface area contributed by atoms with Gasteiger partial charge in [0.1, 0.15) is 0 Å². The van der Waals surface area contributed by atoms with E-state index < -0.39 is 0 Å². The molecule has 0 radical (unpaired) electrons. The van der Waals surface area contributed by atoms with Crippen LogP contribution in [0.25, 0.3) is 5.69 Å². The smallest absolute Gasteiger partial charge is 0.319 e. The first-order chi connectivity index (χ1) is 12.7. The zero-order chi connectivity index (χ0) is 18.2.